The van der Waals surface area contributed by atoms with E-state index in [0.717, 1.165) is 43.2 Å². The second-order valence-corrected chi connectivity index (χ2v) is 5.66. The average Bonchev–Trinajstić information content (AvgIpc) is 3.02. The SMILES string of the molecule is CC(C)c1cc(N2CCCC(c3ccno3)C2)ncn1. The molecular formula is C15H20N4O. The van der Waals surface area contributed by atoms with Crippen LogP contribution in [0.3, 0.4) is 0 Å². The Bertz CT molecular complexity index is 553. The molecule has 0 spiro atoms. The smallest absolute Gasteiger partial charge is 0.141 e. The zero-order valence-corrected chi connectivity index (χ0v) is 12.0. The Morgan fingerprint density at radius 3 is 3.00 bits per heavy atom. The Morgan fingerprint density at radius 2 is 2.25 bits per heavy atom. The van der Waals surface area contributed by atoms with Crippen molar-refractivity contribution in [3.63, 3.8) is 0 Å². The van der Waals surface area contributed by atoms with Crippen LogP contribution >= 0.6 is 0 Å². The molecule has 0 aliphatic carbocycles. The van der Waals surface area contributed by atoms with E-state index in [4.69, 9.17) is 4.52 Å². The number of piperidine rings is 1. The summed E-state index contributed by atoms with van der Waals surface area (Å²) in [6, 6.07) is 4.07. The molecule has 20 heavy (non-hydrogen) atoms. The van der Waals surface area contributed by atoms with Gasteiger partial charge in [-0.25, -0.2) is 9.97 Å². The highest BCUT2D eigenvalue weighted by molar-refractivity contribution is 5.40. The van der Waals surface area contributed by atoms with Crippen molar-refractivity contribution in [1.82, 2.24) is 15.1 Å². The molecule has 0 N–H and O–H groups in total. The third kappa shape index (κ3) is 2.66. The van der Waals surface area contributed by atoms with Crippen molar-refractivity contribution in [2.75, 3.05) is 18.0 Å². The van der Waals surface area contributed by atoms with E-state index in [-0.39, 0.29) is 0 Å². The summed E-state index contributed by atoms with van der Waals surface area (Å²) in [6.07, 6.45) is 5.68. The molecule has 1 saturated heterocycles. The molecule has 0 radical (unpaired) electrons. The van der Waals surface area contributed by atoms with Gasteiger partial charge in [0.2, 0.25) is 0 Å². The Labute approximate surface area is 119 Å². The lowest BCUT2D eigenvalue weighted by molar-refractivity contribution is 0.340. The molecule has 2 aromatic rings. The molecule has 3 heterocycles. The quantitative estimate of drug-likeness (QED) is 0.859. The maximum absolute atomic E-state index is 5.31. The number of hydrogen-bond acceptors (Lipinski definition) is 5. The van der Waals surface area contributed by atoms with Gasteiger partial charge in [0.05, 0.1) is 6.20 Å². The van der Waals surface area contributed by atoms with Gasteiger partial charge in [0, 0.05) is 36.8 Å². The summed E-state index contributed by atoms with van der Waals surface area (Å²) in [4.78, 5) is 11.1. The summed E-state index contributed by atoms with van der Waals surface area (Å²) in [5, 5.41) is 3.81. The molecule has 1 unspecified atom stereocenters. The van der Waals surface area contributed by atoms with Crippen molar-refractivity contribution in [1.29, 1.82) is 0 Å². The lowest BCUT2D eigenvalue weighted by Gasteiger charge is -2.32. The van der Waals surface area contributed by atoms with Gasteiger partial charge in [-0.3, -0.25) is 0 Å². The Kier molecular flexibility index (Phi) is 3.67. The lowest BCUT2D eigenvalue weighted by Crippen LogP contribution is -2.34. The summed E-state index contributed by atoms with van der Waals surface area (Å²) in [5.41, 5.74) is 1.09. The van der Waals surface area contributed by atoms with Crippen LogP contribution in [0.4, 0.5) is 5.82 Å². The van der Waals surface area contributed by atoms with E-state index < -0.39 is 0 Å². The second-order valence-electron chi connectivity index (χ2n) is 5.66. The Balaban J connectivity index is 1.78. The van der Waals surface area contributed by atoms with E-state index in [9.17, 15) is 0 Å². The first kappa shape index (κ1) is 13.1. The van der Waals surface area contributed by atoms with Gasteiger partial charge in [-0.1, -0.05) is 19.0 Å². The highest BCUT2D eigenvalue weighted by Gasteiger charge is 2.24. The van der Waals surface area contributed by atoms with Crippen molar-refractivity contribution >= 4 is 5.82 Å². The van der Waals surface area contributed by atoms with Gasteiger partial charge < -0.3 is 9.42 Å². The van der Waals surface area contributed by atoms with Crippen LogP contribution in [0.15, 0.2) is 29.2 Å². The number of anilines is 1. The summed E-state index contributed by atoms with van der Waals surface area (Å²) < 4.78 is 5.31. The van der Waals surface area contributed by atoms with Crippen LogP contribution in [-0.2, 0) is 0 Å². The van der Waals surface area contributed by atoms with Crippen LogP contribution < -0.4 is 4.90 Å². The third-order valence-electron chi connectivity index (χ3n) is 3.87. The van der Waals surface area contributed by atoms with E-state index in [0.29, 0.717) is 11.8 Å². The van der Waals surface area contributed by atoms with Gasteiger partial charge in [0.15, 0.2) is 0 Å². The van der Waals surface area contributed by atoms with Crippen LogP contribution in [0.1, 0.15) is 50.0 Å². The minimum atomic E-state index is 0.406. The second kappa shape index (κ2) is 5.61. The van der Waals surface area contributed by atoms with Crippen molar-refractivity contribution in [2.45, 2.75) is 38.5 Å². The number of aromatic nitrogens is 3. The number of rotatable bonds is 3. The molecule has 1 aliphatic rings. The van der Waals surface area contributed by atoms with E-state index in [2.05, 4.69) is 39.9 Å². The van der Waals surface area contributed by atoms with Crippen LogP contribution in [0.5, 0.6) is 0 Å². The van der Waals surface area contributed by atoms with E-state index in [1.807, 2.05) is 6.07 Å². The summed E-state index contributed by atoms with van der Waals surface area (Å²) >= 11 is 0. The van der Waals surface area contributed by atoms with Crippen LogP contribution in [-0.4, -0.2) is 28.2 Å². The summed E-state index contributed by atoms with van der Waals surface area (Å²) in [7, 11) is 0. The van der Waals surface area contributed by atoms with Gasteiger partial charge >= 0.3 is 0 Å². The first-order valence-corrected chi connectivity index (χ1v) is 7.21. The van der Waals surface area contributed by atoms with Crippen molar-refractivity contribution in [3.05, 3.63) is 36.1 Å². The molecular weight excluding hydrogens is 252 g/mol. The molecule has 0 amide bonds. The summed E-state index contributed by atoms with van der Waals surface area (Å²) in [5.74, 6) is 2.83. The maximum Gasteiger partial charge on any atom is 0.141 e. The molecule has 5 nitrogen and oxygen atoms in total. The predicted molar refractivity (Wildman–Crippen MR) is 76.8 cm³/mol. The predicted octanol–water partition coefficient (Wildman–Crippen LogP) is 2.97. The minimum Gasteiger partial charge on any atom is -0.361 e. The van der Waals surface area contributed by atoms with Crippen LogP contribution in [0.2, 0.25) is 0 Å². The van der Waals surface area contributed by atoms with Gasteiger partial charge in [0.25, 0.3) is 0 Å². The number of nitrogens with zero attached hydrogens (tertiary/aromatic N) is 4. The number of hydrogen-bond donors (Lipinski definition) is 0. The molecule has 1 fully saturated rings. The minimum absolute atomic E-state index is 0.406. The lowest BCUT2D eigenvalue weighted by atomic mass is 9.95. The maximum atomic E-state index is 5.31. The van der Waals surface area contributed by atoms with Crippen LogP contribution in [0, 0.1) is 0 Å². The highest BCUT2D eigenvalue weighted by Crippen LogP contribution is 2.29. The molecule has 1 aliphatic heterocycles. The van der Waals surface area contributed by atoms with Crippen molar-refractivity contribution < 1.29 is 4.52 Å². The van der Waals surface area contributed by atoms with Gasteiger partial charge in [-0.15, -0.1) is 0 Å². The first-order chi connectivity index (χ1) is 9.74. The zero-order chi connectivity index (χ0) is 13.9. The van der Waals surface area contributed by atoms with Crippen molar-refractivity contribution in [2.24, 2.45) is 0 Å². The molecule has 0 bridgehead atoms. The van der Waals surface area contributed by atoms with Crippen LogP contribution in [0.25, 0.3) is 0 Å². The molecule has 3 rings (SSSR count). The van der Waals surface area contributed by atoms with Gasteiger partial charge in [0.1, 0.15) is 17.9 Å². The summed E-state index contributed by atoms with van der Waals surface area (Å²) in [6.45, 7) is 6.28. The van der Waals surface area contributed by atoms with Crippen molar-refractivity contribution in [3.8, 4) is 0 Å². The third-order valence-corrected chi connectivity index (χ3v) is 3.87. The fraction of sp³-hybridized carbons (Fsp3) is 0.533. The zero-order valence-electron chi connectivity index (χ0n) is 12.0. The van der Waals surface area contributed by atoms with E-state index in [1.54, 1.807) is 12.5 Å². The van der Waals surface area contributed by atoms with Gasteiger partial charge in [-0.05, 0) is 18.8 Å². The van der Waals surface area contributed by atoms with Gasteiger partial charge in [-0.2, -0.15) is 0 Å². The highest BCUT2D eigenvalue weighted by atomic mass is 16.5. The van der Waals surface area contributed by atoms with E-state index in [1.165, 1.54) is 0 Å². The first-order valence-electron chi connectivity index (χ1n) is 7.21. The fourth-order valence-corrected chi connectivity index (χ4v) is 2.70. The molecule has 0 saturated carbocycles. The molecule has 106 valence electrons. The molecule has 2 aromatic heterocycles. The Hall–Kier alpha value is -1.91. The normalized spacial score (nSPS) is 19.6. The fourth-order valence-electron chi connectivity index (χ4n) is 2.70. The topological polar surface area (TPSA) is 55.1 Å². The van der Waals surface area contributed by atoms with E-state index >= 15 is 0 Å². The molecule has 1 atom stereocenters. The molecule has 0 aromatic carbocycles. The standard InChI is InChI=1S/C15H20N4O/c1-11(2)13-8-15(17-10-16-13)19-7-3-4-12(9-19)14-5-6-18-20-14/h5-6,8,10-12H,3-4,7,9H2,1-2H3. The Morgan fingerprint density at radius 1 is 1.35 bits per heavy atom. The largest absolute Gasteiger partial charge is 0.361 e. The average molecular weight is 272 g/mol. The molecule has 5 heteroatoms. The monoisotopic (exact) mass is 272 g/mol.